The van der Waals surface area contributed by atoms with E-state index in [1.54, 1.807) is 31.2 Å². The molecule has 0 saturated heterocycles. The van der Waals surface area contributed by atoms with Gasteiger partial charge in [0.2, 0.25) is 20.0 Å². The highest BCUT2D eigenvalue weighted by Crippen LogP contribution is 2.24. The Morgan fingerprint density at radius 3 is 2.12 bits per heavy atom. The van der Waals surface area contributed by atoms with Crippen LogP contribution in [0.4, 0.5) is 0 Å². The van der Waals surface area contributed by atoms with Crippen molar-refractivity contribution in [3.05, 3.63) is 59.1 Å². The van der Waals surface area contributed by atoms with Gasteiger partial charge in [0.1, 0.15) is 0 Å². The van der Waals surface area contributed by atoms with Gasteiger partial charge in [-0.2, -0.15) is 0 Å². The summed E-state index contributed by atoms with van der Waals surface area (Å²) in [6, 6.07) is 11.6. The second-order valence-electron chi connectivity index (χ2n) is 6.26. The smallest absolute Gasteiger partial charge is 0.208 e. The van der Waals surface area contributed by atoms with Gasteiger partial charge in [0.05, 0.1) is 9.79 Å². The van der Waals surface area contributed by atoms with Crippen molar-refractivity contribution in [1.29, 1.82) is 0 Å². The van der Waals surface area contributed by atoms with Crippen LogP contribution < -0.4 is 9.44 Å². The highest BCUT2D eigenvalue weighted by molar-refractivity contribution is 7.90. The van der Waals surface area contributed by atoms with Crippen LogP contribution in [0.3, 0.4) is 0 Å². The molecular formula is C17H19ClN2O4S2. The second-order valence-corrected chi connectivity index (χ2v) is 10.1. The van der Waals surface area contributed by atoms with E-state index in [-0.39, 0.29) is 15.8 Å². The van der Waals surface area contributed by atoms with E-state index in [4.69, 9.17) is 11.6 Å². The molecule has 2 aromatic carbocycles. The monoisotopic (exact) mass is 414 g/mol. The molecule has 0 heterocycles. The van der Waals surface area contributed by atoms with Gasteiger partial charge in [0.25, 0.3) is 0 Å². The van der Waals surface area contributed by atoms with Crippen LogP contribution in [0.5, 0.6) is 0 Å². The van der Waals surface area contributed by atoms with Gasteiger partial charge < -0.3 is 0 Å². The Morgan fingerprint density at radius 2 is 1.54 bits per heavy atom. The van der Waals surface area contributed by atoms with Crippen LogP contribution in [0.15, 0.2) is 58.3 Å². The van der Waals surface area contributed by atoms with Crippen LogP contribution in [0.25, 0.3) is 0 Å². The molecule has 1 atom stereocenters. The lowest BCUT2D eigenvalue weighted by molar-refractivity contribution is 0.566. The number of hydrogen-bond donors (Lipinski definition) is 2. The molecule has 1 aliphatic rings. The minimum absolute atomic E-state index is 0.0525. The third-order valence-electron chi connectivity index (χ3n) is 4.03. The maximum atomic E-state index is 12.6. The van der Waals surface area contributed by atoms with Crippen molar-refractivity contribution in [2.75, 3.05) is 0 Å². The first-order valence-corrected chi connectivity index (χ1v) is 11.4. The van der Waals surface area contributed by atoms with Crippen molar-refractivity contribution in [2.45, 2.75) is 41.6 Å². The number of hydrogen-bond acceptors (Lipinski definition) is 4. The molecule has 9 heteroatoms. The molecule has 1 unspecified atom stereocenters. The Hall–Kier alpha value is -1.45. The maximum Gasteiger partial charge on any atom is 0.241 e. The van der Waals surface area contributed by atoms with Crippen LogP contribution in [-0.2, 0) is 20.0 Å². The summed E-state index contributed by atoms with van der Waals surface area (Å²) in [5, 5.41) is 0.560. The Labute approximate surface area is 158 Å². The zero-order valence-corrected chi connectivity index (χ0v) is 16.4. The Morgan fingerprint density at radius 1 is 0.962 bits per heavy atom. The van der Waals surface area contributed by atoms with Crippen molar-refractivity contribution in [3.8, 4) is 0 Å². The van der Waals surface area contributed by atoms with E-state index in [1.165, 1.54) is 24.3 Å². The quantitative estimate of drug-likeness (QED) is 0.728. The Kier molecular flexibility index (Phi) is 5.41. The molecule has 6 nitrogen and oxygen atoms in total. The van der Waals surface area contributed by atoms with E-state index in [2.05, 4.69) is 9.44 Å². The predicted molar refractivity (Wildman–Crippen MR) is 100.0 cm³/mol. The number of sulfonamides is 2. The molecule has 1 saturated carbocycles. The van der Waals surface area contributed by atoms with Gasteiger partial charge >= 0.3 is 0 Å². The van der Waals surface area contributed by atoms with Crippen LogP contribution >= 0.6 is 11.6 Å². The minimum atomic E-state index is -3.89. The van der Waals surface area contributed by atoms with E-state index in [1.807, 2.05) is 0 Å². The summed E-state index contributed by atoms with van der Waals surface area (Å²) in [6.45, 7) is 1.70. The fourth-order valence-corrected chi connectivity index (χ4v) is 5.25. The number of benzene rings is 2. The van der Waals surface area contributed by atoms with E-state index in [9.17, 15) is 16.8 Å². The highest BCUT2D eigenvalue weighted by atomic mass is 35.5. The molecule has 1 aliphatic carbocycles. The Bertz CT molecular complexity index is 1000. The van der Waals surface area contributed by atoms with Crippen LogP contribution in [-0.4, -0.2) is 22.9 Å². The third-order valence-corrected chi connectivity index (χ3v) is 7.34. The van der Waals surface area contributed by atoms with E-state index >= 15 is 0 Å². The first-order chi connectivity index (χ1) is 12.2. The lowest BCUT2D eigenvalue weighted by Gasteiger charge is -2.15. The van der Waals surface area contributed by atoms with Crippen molar-refractivity contribution < 1.29 is 16.8 Å². The molecule has 1 fully saturated rings. The van der Waals surface area contributed by atoms with Gasteiger partial charge in [-0.1, -0.05) is 29.8 Å². The molecule has 0 radical (unpaired) electrons. The highest BCUT2D eigenvalue weighted by Gasteiger charge is 2.29. The fourth-order valence-electron chi connectivity index (χ4n) is 2.42. The Balaban J connectivity index is 1.82. The molecule has 0 spiro atoms. The third kappa shape index (κ3) is 4.63. The van der Waals surface area contributed by atoms with E-state index in [0.29, 0.717) is 5.02 Å². The SMILES string of the molecule is CC(NS(=O)(=O)c1cccc(S(=O)(=O)NC2CC2)c1)c1ccc(Cl)cc1. The van der Waals surface area contributed by atoms with Crippen LogP contribution in [0, 0.1) is 0 Å². The summed E-state index contributed by atoms with van der Waals surface area (Å²) < 4.78 is 55.0. The van der Waals surface area contributed by atoms with Gasteiger partial charge in [-0.05, 0) is 55.7 Å². The van der Waals surface area contributed by atoms with Gasteiger partial charge in [-0.15, -0.1) is 0 Å². The summed E-state index contributed by atoms with van der Waals surface area (Å²) in [5.41, 5.74) is 0.747. The standard InChI is InChI=1S/C17H19ClN2O4S2/c1-12(13-5-7-14(18)8-6-13)19-25(21,22)16-3-2-4-17(11-16)26(23,24)20-15-9-10-15/h2-8,11-12,15,19-20H,9-10H2,1H3. The van der Waals surface area contributed by atoms with Gasteiger partial charge in [-0.25, -0.2) is 26.3 Å². The summed E-state index contributed by atoms with van der Waals surface area (Å²) in [4.78, 5) is -0.164. The molecule has 2 N–H and O–H groups in total. The topological polar surface area (TPSA) is 92.3 Å². The largest absolute Gasteiger partial charge is 0.241 e. The molecule has 0 aromatic heterocycles. The number of nitrogens with one attached hydrogen (secondary N) is 2. The van der Waals surface area contributed by atoms with Gasteiger partial charge in [0, 0.05) is 17.1 Å². The summed E-state index contributed by atoms with van der Waals surface area (Å²) in [6.07, 6.45) is 1.61. The van der Waals surface area contributed by atoms with Crippen molar-refractivity contribution in [3.63, 3.8) is 0 Å². The van der Waals surface area contributed by atoms with Gasteiger partial charge in [-0.3, -0.25) is 0 Å². The summed E-state index contributed by atoms with van der Waals surface area (Å²) in [7, 11) is -7.61. The van der Waals surface area contributed by atoms with Gasteiger partial charge in [0.15, 0.2) is 0 Å². The average molecular weight is 415 g/mol. The van der Waals surface area contributed by atoms with Crippen molar-refractivity contribution in [2.24, 2.45) is 0 Å². The van der Waals surface area contributed by atoms with E-state index in [0.717, 1.165) is 18.4 Å². The fraction of sp³-hybridized carbons (Fsp3) is 0.294. The molecule has 0 aliphatic heterocycles. The van der Waals surface area contributed by atoms with Crippen molar-refractivity contribution in [1.82, 2.24) is 9.44 Å². The van der Waals surface area contributed by atoms with Crippen molar-refractivity contribution >= 4 is 31.6 Å². The predicted octanol–water partition coefficient (Wildman–Crippen LogP) is 2.82. The lowest BCUT2D eigenvalue weighted by atomic mass is 10.1. The average Bonchev–Trinajstić information content (AvgIpc) is 3.38. The molecule has 2 aromatic rings. The zero-order valence-electron chi connectivity index (χ0n) is 14.0. The molecule has 26 heavy (non-hydrogen) atoms. The molecule has 0 bridgehead atoms. The summed E-state index contributed by atoms with van der Waals surface area (Å²) in [5.74, 6) is 0. The number of rotatable bonds is 7. The van der Waals surface area contributed by atoms with E-state index < -0.39 is 26.1 Å². The molecule has 0 amide bonds. The molecular weight excluding hydrogens is 396 g/mol. The maximum absolute atomic E-state index is 12.6. The first-order valence-electron chi connectivity index (χ1n) is 8.07. The second kappa shape index (κ2) is 7.28. The normalized spacial score (nSPS) is 16.4. The zero-order chi connectivity index (χ0) is 18.9. The van der Waals surface area contributed by atoms with Crippen LogP contribution in [0.2, 0.25) is 5.02 Å². The minimum Gasteiger partial charge on any atom is -0.208 e. The summed E-state index contributed by atoms with van der Waals surface area (Å²) >= 11 is 5.84. The van der Waals surface area contributed by atoms with Crippen LogP contribution in [0.1, 0.15) is 31.4 Å². The first kappa shape index (κ1) is 19.3. The molecule has 140 valence electrons. The molecule has 3 rings (SSSR count). The number of halogens is 1. The lowest BCUT2D eigenvalue weighted by Crippen LogP contribution is -2.28.